The third-order valence-electron chi connectivity index (χ3n) is 20.4. The summed E-state index contributed by atoms with van der Waals surface area (Å²) in [6.45, 7) is 2.53. The van der Waals surface area contributed by atoms with Gasteiger partial charge in [0.2, 0.25) is 0 Å². The summed E-state index contributed by atoms with van der Waals surface area (Å²) in [7, 11) is -9.82. The van der Waals surface area contributed by atoms with E-state index in [9.17, 15) is 43.5 Å². The quantitative estimate of drug-likeness (QED) is 0.0146. The maximum absolute atomic E-state index is 13.1. The van der Waals surface area contributed by atoms with Crippen LogP contribution >= 0.6 is 15.6 Å². The van der Waals surface area contributed by atoms with Crippen LogP contribution in [0, 0.1) is 0 Å². The van der Waals surface area contributed by atoms with Crippen LogP contribution in [0.4, 0.5) is 0 Å². The molecule has 0 radical (unpaired) electrons. The maximum Gasteiger partial charge on any atom is 0.472 e. The molecule has 0 aromatic rings. The number of phosphoric acid groups is 2. The lowest BCUT2D eigenvalue weighted by Crippen LogP contribution is -2.30. The molecule has 0 aromatic heterocycles. The Balaban J connectivity index is 4.55. The van der Waals surface area contributed by atoms with Crippen LogP contribution in [-0.2, 0) is 55.8 Å². The van der Waals surface area contributed by atoms with Crippen molar-refractivity contribution in [2.45, 2.75) is 424 Å². The van der Waals surface area contributed by atoms with E-state index in [4.69, 9.17) is 32.3 Å². The number of phosphoric ester groups is 2. The topological polar surface area (TPSA) is 231 Å². The number of hydrogen-bond acceptors (Lipinski definition) is 14. The van der Waals surface area contributed by atoms with Gasteiger partial charge in [0, 0.05) is 19.3 Å². The van der Waals surface area contributed by atoms with E-state index in [1.807, 2.05) is 0 Å². The molecular formula is C103H176O16P2. The molecular weight excluding hydrogens is 1560 g/mol. The third-order valence-corrected chi connectivity index (χ3v) is 22.3. The summed E-state index contributed by atoms with van der Waals surface area (Å²) in [5.41, 5.74) is 0. The lowest BCUT2D eigenvalue weighted by atomic mass is 10.0. The minimum absolute atomic E-state index is 0.0783. The Morgan fingerprint density at radius 3 is 0.694 bits per heavy atom. The van der Waals surface area contributed by atoms with E-state index in [0.29, 0.717) is 19.3 Å². The van der Waals surface area contributed by atoms with Crippen LogP contribution in [0.25, 0.3) is 0 Å². The first kappa shape index (κ1) is 116. The summed E-state index contributed by atoms with van der Waals surface area (Å²) in [6, 6.07) is 0. The first-order chi connectivity index (χ1) is 59.2. The average Bonchev–Trinajstić information content (AvgIpc) is 0.913. The second kappa shape index (κ2) is 94.1. The van der Waals surface area contributed by atoms with E-state index in [0.717, 1.165) is 167 Å². The Kier molecular flexibility index (Phi) is 90.1. The number of aliphatic hydroxyl groups excluding tert-OH is 2. The van der Waals surface area contributed by atoms with Gasteiger partial charge >= 0.3 is 33.6 Å². The Hall–Kier alpha value is -5.09. The second-order valence-electron chi connectivity index (χ2n) is 32.1. The van der Waals surface area contributed by atoms with Crippen LogP contribution < -0.4 is 0 Å². The zero-order chi connectivity index (χ0) is 87.9. The Morgan fingerprint density at radius 2 is 0.438 bits per heavy atom. The number of unbranched alkanes of at least 4 members (excludes halogenated alkanes) is 40. The van der Waals surface area contributed by atoms with Gasteiger partial charge < -0.3 is 34.2 Å². The van der Waals surface area contributed by atoms with E-state index >= 15 is 0 Å². The summed E-state index contributed by atoms with van der Waals surface area (Å²) < 4.78 is 61.5. The molecule has 4 N–H and O–H groups in total. The van der Waals surface area contributed by atoms with E-state index < -0.39 is 91.5 Å². The minimum Gasteiger partial charge on any atom is -0.463 e. The van der Waals surface area contributed by atoms with Crippen LogP contribution in [0.5, 0.6) is 0 Å². The number of esters is 3. The molecule has 5 atom stereocenters. The van der Waals surface area contributed by atoms with Gasteiger partial charge in [0.1, 0.15) is 25.4 Å². The zero-order valence-corrected chi connectivity index (χ0v) is 78.4. The van der Waals surface area contributed by atoms with Gasteiger partial charge in [0.05, 0.1) is 26.4 Å². The molecule has 0 aliphatic carbocycles. The lowest BCUT2D eigenvalue weighted by molar-refractivity contribution is -0.161. The highest BCUT2D eigenvalue weighted by atomic mass is 31.2. The lowest BCUT2D eigenvalue weighted by Gasteiger charge is -2.21. The highest BCUT2D eigenvalue weighted by molar-refractivity contribution is 7.47. The fraction of sp³-hybridized carbons (Fsp3) is 0.699. The van der Waals surface area contributed by atoms with Crippen LogP contribution in [0.15, 0.2) is 170 Å². The van der Waals surface area contributed by atoms with Crippen molar-refractivity contribution in [1.82, 2.24) is 0 Å². The summed E-state index contributed by atoms with van der Waals surface area (Å²) in [6.07, 6.45) is 123. The van der Waals surface area contributed by atoms with Gasteiger partial charge in [-0.1, -0.05) is 396 Å². The fourth-order valence-corrected chi connectivity index (χ4v) is 14.7. The van der Waals surface area contributed by atoms with Crippen molar-refractivity contribution < 1.29 is 75.8 Å². The molecule has 0 fully saturated rings. The number of aliphatic hydroxyl groups is 2. The van der Waals surface area contributed by atoms with Gasteiger partial charge in [-0.2, -0.15) is 0 Å². The Bertz CT molecular complexity index is 2880. The predicted molar refractivity (Wildman–Crippen MR) is 509 cm³/mol. The molecule has 0 heterocycles. The van der Waals surface area contributed by atoms with Gasteiger partial charge in [-0.25, -0.2) is 9.13 Å². The van der Waals surface area contributed by atoms with Crippen LogP contribution in [-0.4, -0.2) is 95.9 Å². The van der Waals surface area contributed by atoms with E-state index in [1.165, 1.54) is 180 Å². The smallest absolute Gasteiger partial charge is 0.463 e. The number of hydrogen-bond donors (Lipinski definition) is 4. The fourth-order valence-electron chi connectivity index (χ4n) is 13.1. The Morgan fingerprint density at radius 1 is 0.240 bits per heavy atom. The average molecular weight is 1730 g/mol. The maximum atomic E-state index is 13.1. The van der Waals surface area contributed by atoms with E-state index in [1.54, 1.807) is 0 Å². The van der Waals surface area contributed by atoms with Gasteiger partial charge in [-0.15, -0.1) is 0 Å². The first-order valence-corrected chi connectivity index (χ1v) is 51.4. The molecule has 0 spiro atoms. The van der Waals surface area contributed by atoms with Crippen molar-refractivity contribution in [2.75, 3.05) is 39.6 Å². The summed E-state index contributed by atoms with van der Waals surface area (Å²) >= 11 is 0. The van der Waals surface area contributed by atoms with E-state index in [-0.39, 0.29) is 19.3 Å². The molecule has 121 heavy (non-hydrogen) atoms. The number of rotatable bonds is 91. The standard InChI is InChI=1S/C103H176O16P2/c1-4-7-10-13-16-19-22-25-28-31-34-37-39-41-43-45-46-47-48-49-50-52-54-55-57-60-62-65-68-71-74-77-80-83-86-89-101(106)113-92-98(104)93-115-120(109,110)116-94-99(105)95-117-121(111,112)118-97-100(119-103(108)91-88-85-82-79-76-73-70-67-64-59-36-33-30-27-24-21-18-15-12-9-6-3)96-114-102(107)90-87-84-81-78-75-72-69-66-63-61-58-56-53-51-44-42-40-38-35-32-29-26-23-20-17-14-11-8-5-2/h8,11,16-21,25-30,34-38,41-44,53,56,59,67,70,98-100,104-105H,4-7,9-10,12-15,22-24,31-33,39-40,45-52,54-55,57-58,60-66,68-69,71-97H2,1-3H3,(H,109,110)(H,111,112)/b11-8-,19-16-,20-17-,21-18-,28-25-,29-26-,30-27-,37-34-,38-35-,43-41-,44-42-,56-53-,59-36-,70-67-. The molecule has 694 valence electrons. The monoisotopic (exact) mass is 1730 g/mol. The molecule has 0 aliphatic rings. The van der Waals surface area contributed by atoms with Gasteiger partial charge in [0.25, 0.3) is 0 Å². The van der Waals surface area contributed by atoms with Crippen molar-refractivity contribution in [3.8, 4) is 0 Å². The largest absolute Gasteiger partial charge is 0.472 e. The van der Waals surface area contributed by atoms with Gasteiger partial charge in [0.15, 0.2) is 6.10 Å². The molecule has 16 nitrogen and oxygen atoms in total. The number of allylic oxidation sites excluding steroid dienone is 28. The second-order valence-corrected chi connectivity index (χ2v) is 35.0. The van der Waals surface area contributed by atoms with Gasteiger partial charge in [-0.05, 0) is 161 Å². The van der Waals surface area contributed by atoms with Crippen molar-refractivity contribution in [3.63, 3.8) is 0 Å². The molecule has 0 aromatic carbocycles. The normalized spacial score (nSPS) is 14.5. The molecule has 0 rings (SSSR count). The molecule has 0 aliphatic heterocycles. The highest BCUT2D eigenvalue weighted by Crippen LogP contribution is 2.45. The van der Waals surface area contributed by atoms with Crippen molar-refractivity contribution in [2.24, 2.45) is 0 Å². The van der Waals surface area contributed by atoms with E-state index in [2.05, 4.69) is 191 Å². The molecule has 0 saturated heterocycles. The molecule has 5 unspecified atom stereocenters. The molecule has 0 bridgehead atoms. The van der Waals surface area contributed by atoms with Crippen LogP contribution in [0.3, 0.4) is 0 Å². The number of carbonyl (C=O) groups is 3. The zero-order valence-electron chi connectivity index (χ0n) is 76.6. The van der Waals surface area contributed by atoms with Gasteiger partial charge in [-0.3, -0.25) is 32.5 Å². The first-order valence-electron chi connectivity index (χ1n) is 48.4. The highest BCUT2D eigenvalue weighted by Gasteiger charge is 2.30. The summed E-state index contributed by atoms with van der Waals surface area (Å²) in [5, 5.41) is 20.8. The number of carbonyl (C=O) groups excluding carboxylic acids is 3. The SMILES string of the molecule is CC/C=C\C/C=C\C/C=C\C/C=C\C/C=C\C/C=C\CCCCCCCCCCCCC(=O)OCC(COP(=O)(O)OCC(O)COP(=O)(O)OCC(O)COC(=O)CCCCCCCCCCCCCCCCCCCCC/C=C\C/C=C\C/C=C\C/C=C\CCCCC)OC(=O)CCCCCCC/C=C\C/C=C\C/C=C\C/C=C\CCCCC. The molecule has 0 saturated carbocycles. The van der Waals surface area contributed by atoms with Crippen molar-refractivity contribution in [3.05, 3.63) is 170 Å². The minimum atomic E-state index is -4.95. The van der Waals surface area contributed by atoms with Crippen LogP contribution in [0.2, 0.25) is 0 Å². The summed E-state index contributed by atoms with van der Waals surface area (Å²) in [4.78, 5) is 59.1. The predicted octanol–water partition coefficient (Wildman–Crippen LogP) is 30.2. The molecule has 0 amide bonds. The van der Waals surface area contributed by atoms with Crippen LogP contribution in [0.1, 0.15) is 406 Å². The molecule has 18 heteroatoms. The summed E-state index contributed by atoms with van der Waals surface area (Å²) in [5.74, 6) is -1.59. The van der Waals surface area contributed by atoms with Crippen molar-refractivity contribution in [1.29, 1.82) is 0 Å². The van der Waals surface area contributed by atoms with Crippen molar-refractivity contribution >= 4 is 33.6 Å². The Labute approximate surface area is 739 Å². The number of ether oxygens (including phenoxy) is 3. The third kappa shape index (κ3) is 95.4.